The summed E-state index contributed by atoms with van der Waals surface area (Å²) in [7, 11) is 0. The summed E-state index contributed by atoms with van der Waals surface area (Å²) in [4.78, 5) is 23.1. The second-order valence-corrected chi connectivity index (χ2v) is 10.8. The maximum Gasteiger partial charge on any atom is 0.305 e. The molecule has 5 nitrogen and oxygen atoms in total. The van der Waals surface area contributed by atoms with E-state index in [1.54, 1.807) is 12.1 Å². The summed E-state index contributed by atoms with van der Waals surface area (Å²) in [5.74, 6) is -0.511. The molecule has 5 heteroatoms. The van der Waals surface area contributed by atoms with E-state index in [1.165, 1.54) is 5.56 Å². The first-order chi connectivity index (χ1) is 18.6. The van der Waals surface area contributed by atoms with E-state index in [-0.39, 0.29) is 30.4 Å². The lowest BCUT2D eigenvalue weighted by Crippen LogP contribution is -2.26. The molecule has 0 aromatic heterocycles. The first kappa shape index (κ1) is 27.6. The molecule has 0 radical (unpaired) electrons. The smallest absolute Gasteiger partial charge is 0.305 e. The molecule has 200 valence electrons. The molecule has 0 aliphatic rings. The van der Waals surface area contributed by atoms with Crippen molar-refractivity contribution < 1.29 is 19.4 Å². The molecule has 0 saturated carbocycles. The molecule has 0 bridgehead atoms. The summed E-state index contributed by atoms with van der Waals surface area (Å²) in [6, 6.07) is 32.2. The zero-order chi connectivity index (χ0) is 28.0. The molecule has 4 aromatic rings. The first-order valence-electron chi connectivity index (χ1n) is 13.1. The van der Waals surface area contributed by atoms with Crippen molar-refractivity contribution in [3.8, 4) is 16.9 Å². The van der Waals surface area contributed by atoms with E-state index in [0.29, 0.717) is 5.56 Å². The normalized spacial score (nSPS) is 12.0. The number of hydrogen-bond donors (Lipinski definition) is 2. The average Bonchev–Trinajstić information content (AvgIpc) is 2.92. The molecule has 2 N–H and O–H groups in total. The minimum Gasteiger partial charge on any atom is -0.481 e. The van der Waals surface area contributed by atoms with E-state index in [0.717, 1.165) is 33.6 Å². The number of aryl methyl sites for hydroxylation is 1. The summed E-state index contributed by atoms with van der Waals surface area (Å²) >= 11 is 0. The highest BCUT2D eigenvalue weighted by Gasteiger charge is 2.18. The monoisotopic (exact) mass is 521 g/mol. The van der Waals surface area contributed by atoms with Crippen LogP contribution in [0.1, 0.15) is 65.9 Å². The highest BCUT2D eigenvalue weighted by molar-refractivity contribution is 5.94. The molecule has 4 aromatic carbocycles. The van der Waals surface area contributed by atoms with E-state index in [9.17, 15) is 9.59 Å². The number of rotatable bonds is 9. The van der Waals surface area contributed by atoms with Crippen molar-refractivity contribution >= 4 is 11.9 Å². The first-order valence-corrected chi connectivity index (χ1v) is 13.1. The van der Waals surface area contributed by atoms with Gasteiger partial charge in [-0.1, -0.05) is 99.1 Å². The fourth-order valence-electron chi connectivity index (χ4n) is 4.29. The van der Waals surface area contributed by atoms with Gasteiger partial charge in [0, 0.05) is 12.1 Å². The third-order valence-electron chi connectivity index (χ3n) is 6.67. The number of aliphatic carboxylic acids is 1. The second-order valence-electron chi connectivity index (χ2n) is 10.8. The van der Waals surface area contributed by atoms with Crippen LogP contribution in [0, 0.1) is 6.92 Å². The summed E-state index contributed by atoms with van der Waals surface area (Å²) < 4.78 is 6.51. The molecule has 0 aliphatic carbocycles. The van der Waals surface area contributed by atoms with Crippen LogP contribution in [0.3, 0.4) is 0 Å². The van der Waals surface area contributed by atoms with Crippen LogP contribution >= 0.6 is 0 Å². The van der Waals surface area contributed by atoms with Gasteiger partial charge in [0.05, 0.1) is 6.42 Å². The van der Waals surface area contributed by atoms with Crippen LogP contribution in [0.5, 0.6) is 5.75 Å². The lowest BCUT2D eigenvalue weighted by Gasteiger charge is -2.21. The van der Waals surface area contributed by atoms with Crippen molar-refractivity contribution in [3.05, 3.63) is 125 Å². The summed E-state index contributed by atoms with van der Waals surface area (Å²) in [5, 5.41) is 11.4. The zero-order valence-corrected chi connectivity index (χ0v) is 22.9. The van der Waals surface area contributed by atoms with Crippen LogP contribution in [-0.2, 0) is 10.2 Å². The Bertz CT molecular complexity index is 1400. The molecule has 0 aliphatic heterocycles. The number of carbonyl (C=O) groups excluding carboxylic acids is 1. The third-order valence-corrected chi connectivity index (χ3v) is 6.67. The van der Waals surface area contributed by atoms with Gasteiger partial charge in [0.15, 0.2) is 0 Å². The molecule has 1 unspecified atom stereocenters. The van der Waals surface area contributed by atoms with E-state index < -0.39 is 5.97 Å². The van der Waals surface area contributed by atoms with Crippen LogP contribution in [0.2, 0.25) is 0 Å². The molecule has 4 rings (SSSR count). The number of carbonyl (C=O) groups is 2. The van der Waals surface area contributed by atoms with Gasteiger partial charge in [-0.3, -0.25) is 9.59 Å². The molecule has 0 fully saturated rings. The molecule has 1 atom stereocenters. The Kier molecular flexibility index (Phi) is 8.50. The predicted molar refractivity (Wildman–Crippen MR) is 155 cm³/mol. The largest absolute Gasteiger partial charge is 0.481 e. The highest BCUT2D eigenvalue weighted by Crippen LogP contribution is 2.31. The SMILES string of the molecule is Cc1ccc(C(Oc2ccc(-c3ccc(C(C)(C)C)cc3)cc2)c2ccc(C(=O)NCCC(=O)O)cc2)cc1. The lowest BCUT2D eigenvalue weighted by atomic mass is 9.86. The lowest BCUT2D eigenvalue weighted by molar-refractivity contribution is -0.136. The molecule has 0 spiro atoms. The number of carboxylic acids is 1. The van der Waals surface area contributed by atoms with Gasteiger partial charge < -0.3 is 15.2 Å². The minimum atomic E-state index is -0.949. The Labute approximate surface area is 230 Å². The predicted octanol–water partition coefficient (Wildman–Crippen LogP) is 7.33. The van der Waals surface area contributed by atoms with Crippen molar-refractivity contribution in [3.63, 3.8) is 0 Å². The van der Waals surface area contributed by atoms with Crippen molar-refractivity contribution in [1.82, 2.24) is 5.32 Å². The van der Waals surface area contributed by atoms with Crippen molar-refractivity contribution in [2.45, 2.75) is 45.6 Å². The topological polar surface area (TPSA) is 75.6 Å². The van der Waals surface area contributed by atoms with E-state index >= 15 is 0 Å². The van der Waals surface area contributed by atoms with E-state index in [4.69, 9.17) is 9.84 Å². The zero-order valence-electron chi connectivity index (χ0n) is 22.9. The number of amides is 1. The van der Waals surface area contributed by atoms with Crippen LogP contribution in [-0.4, -0.2) is 23.5 Å². The van der Waals surface area contributed by atoms with Gasteiger partial charge >= 0.3 is 5.97 Å². The van der Waals surface area contributed by atoms with Crippen LogP contribution in [0.25, 0.3) is 11.1 Å². The van der Waals surface area contributed by atoms with Gasteiger partial charge in [0.1, 0.15) is 11.9 Å². The fraction of sp³-hybridized carbons (Fsp3) is 0.235. The van der Waals surface area contributed by atoms with Crippen LogP contribution in [0.4, 0.5) is 0 Å². The quantitative estimate of drug-likeness (QED) is 0.242. The number of nitrogens with one attached hydrogen (secondary N) is 1. The Morgan fingerprint density at radius 3 is 1.79 bits per heavy atom. The molecular weight excluding hydrogens is 486 g/mol. The van der Waals surface area contributed by atoms with E-state index in [2.05, 4.69) is 86.8 Å². The molecular formula is C34H35NO4. The summed E-state index contributed by atoms with van der Waals surface area (Å²) in [6.45, 7) is 8.77. The molecule has 0 saturated heterocycles. The van der Waals surface area contributed by atoms with E-state index in [1.807, 2.05) is 31.2 Å². The third kappa shape index (κ3) is 7.35. The van der Waals surface area contributed by atoms with Gasteiger partial charge in [-0.25, -0.2) is 0 Å². The van der Waals surface area contributed by atoms with Crippen molar-refractivity contribution in [1.29, 1.82) is 0 Å². The Morgan fingerprint density at radius 1 is 0.769 bits per heavy atom. The van der Waals surface area contributed by atoms with Crippen molar-refractivity contribution in [2.24, 2.45) is 0 Å². The molecule has 39 heavy (non-hydrogen) atoms. The minimum absolute atomic E-state index is 0.0851. The number of carboxylic acid groups (broad SMARTS) is 1. The Morgan fingerprint density at radius 2 is 1.28 bits per heavy atom. The summed E-state index contributed by atoms with van der Waals surface area (Å²) in [5.41, 5.74) is 7.22. The fourth-order valence-corrected chi connectivity index (χ4v) is 4.29. The number of ether oxygens (including phenoxy) is 1. The van der Waals surface area contributed by atoms with Gasteiger partial charge in [-0.2, -0.15) is 0 Å². The maximum absolute atomic E-state index is 12.4. The van der Waals surface area contributed by atoms with Gasteiger partial charge in [-0.15, -0.1) is 0 Å². The Hall–Kier alpha value is -4.38. The average molecular weight is 522 g/mol. The standard InChI is InChI=1S/C34H35NO4/c1-23-5-7-26(8-6-23)32(27-9-11-28(12-10-27)33(38)35-22-21-31(36)37)39-30-19-15-25(16-20-30)24-13-17-29(18-14-24)34(2,3)4/h5-20,32H,21-22H2,1-4H3,(H,35,38)(H,36,37). The maximum atomic E-state index is 12.4. The van der Waals surface area contributed by atoms with Crippen LogP contribution < -0.4 is 10.1 Å². The van der Waals surface area contributed by atoms with Gasteiger partial charge in [-0.05, 0) is 64.4 Å². The molecule has 1 amide bonds. The summed E-state index contributed by atoms with van der Waals surface area (Å²) in [6.07, 6.45) is -0.486. The molecule has 0 heterocycles. The second kappa shape index (κ2) is 12.0. The number of hydrogen-bond acceptors (Lipinski definition) is 3. The van der Waals surface area contributed by atoms with Crippen LogP contribution in [0.15, 0.2) is 97.1 Å². The highest BCUT2D eigenvalue weighted by atomic mass is 16.5. The van der Waals surface area contributed by atoms with Gasteiger partial charge in [0.2, 0.25) is 0 Å². The van der Waals surface area contributed by atoms with Crippen molar-refractivity contribution in [2.75, 3.05) is 6.54 Å². The van der Waals surface area contributed by atoms with Gasteiger partial charge in [0.25, 0.3) is 5.91 Å². The Balaban J connectivity index is 1.54. The number of benzene rings is 4.